The summed E-state index contributed by atoms with van der Waals surface area (Å²) in [6.45, 7) is 0. The fraction of sp³-hybridized carbons (Fsp3) is 0.167. The number of methoxy groups -OCH3 is 2. The van der Waals surface area contributed by atoms with Crippen molar-refractivity contribution in [2.24, 2.45) is 0 Å². The second-order valence-electron chi connectivity index (χ2n) is 7.12. The predicted octanol–water partition coefficient (Wildman–Crippen LogP) is 5.55. The highest BCUT2D eigenvalue weighted by atomic mass is 32.1. The third-order valence-corrected chi connectivity index (χ3v) is 5.69. The van der Waals surface area contributed by atoms with Crippen LogP contribution in [0.5, 0.6) is 17.2 Å². The number of thiophene rings is 1. The molecule has 0 radical (unpaired) electrons. The number of nitrogens with one attached hydrogen (secondary N) is 1. The zero-order valence-electron chi connectivity index (χ0n) is 18.2. The molecule has 0 aliphatic heterocycles. The van der Waals surface area contributed by atoms with E-state index in [0.29, 0.717) is 17.3 Å². The minimum Gasteiger partial charge on any atom is -0.493 e. The molecule has 0 saturated carbocycles. The fourth-order valence-electron chi connectivity index (χ4n) is 3.21. The van der Waals surface area contributed by atoms with Crippen molar-refractivity contribution in [2.75, 3.05) is 28.3 Å². The van der Waals surface area contributed by atoms with Gasteiger partial charge in [0.15, 0.2) is 11.5 Å². The van der Waals surface area contributed by atoms with Crippen LogP contribution < -0.4 is 14.2 Å². The van der Waals surface area contributed by atoms with Crippen LogP contribution >= 0.6 is 11.3 Å². The Hall–Kier alpha value is -3.78. The smallest absolute Gasteiger partial charge is 0.414 e. The SMILES string of the molecule is COc1cc(-c2nc(-c3ccccc3)c(-c3cccs3)[nH]2)cc(OC)c1OC(=O)N(C)C. The van der Waals surface area contributed by atoms with Crippen molar-refractivity contribution < 1.29 is 19.0 Å². The first-order valence-corrected chi connectivity index (χ1v) is 10.7. The van der Waals surface area contributed by atoms with Crippen molar-refractivity contribution in [3.8, 4) is 50.5 Å². The Bertz CT molecular complexity index is 1190. The van der Waals surface area contributed by atoms with Gasteiger partial charge < -0.3 is 24.1 Å². The molecule has 0 aliphatic rings. The van der Waals surface area contributed by atoms with Crippen LogP contribution in [-0.2, 0) is 0 Å². The summed E-state index contributed by atoms with van der Waals surface area (Å²) in [7, 11) is 6.24. The minimum absolute atomic E-state index is 0.214. The van der Waals surface area contributed by atoms with Gasteiger partial charge in [-0.2, -0.15) is 0 Å². The number of nitrogens with zero attached hydrogens (tertiary/aromatic N) is 2. The summed E-state index contributed by atoms with van der Waals surface area (Å²) in [6.07, 6.45) is -0.529. The Morgan fingerprint density at radius 1 is 0.969 bits per heavy atom. The number of aromatic nitrogens is 2. The van der Waals surface area contributed by atoms with Crippen LogP contribution in [0.3, 0.4) is 0 Å². The third-order valence-electron chi connectivity index (χ3n) is 4.81. The zero-order valence-corrected chi connectivity index (χ0v) is 19.0. The molecule has 32 heavy (non-hydrogen) atoms. The Balaban J connectivity index is 1.84. The van der Waals surface area contributed by atoms with Gasteiger partial charge in [0.2, 0.25) is 5.75 Å². The highest BCUT2D eigenvalue weighted by molar-refractivity contribution is 7.13. The van der Waals surface area contributed by atoms with Gasteiger partial charge in [-0.25, -0.2) is 9.78 Å². The van der Waals surface area contributed by atoms with Gasteiger partial charge in [0.1, 0.15) is 5.82 Å². The Morgan fingerprint density at radius 3 is 2.22 bits per heavy atom. The normalized spacial score (nSPS) is 10.6. The van der Waals surface area contributed by atoms with Gasteiger partial charge in [-0.3, -0.25) is 0 Å². The molecule has 1 N–H and O–H groups in total. The molecule has 164 valence electrons. The Morgan fingerprint density at radius 2 is 1.66 bits per heavy atom. The molecule has 0 fully saturated rings. The molecule has 2 aromatic heterocycles. The van der Waals surface area contributed by atoms with Crippen LogP contribution in [-0.4, -0.2) is 49.3 Å². The van der Waals surface area contributed by atoms with Crippen LogP contribution in [0.25, 0.3) is 33.2 Å². The minimum atomic E-state index is -0.529. The second kappa shape index (κ2) is 9.15. The summed E-state index contributed by atoms with van der Waals surface area (Å²) in [5, 5.41) is 2.03. The number of carbonyl (C=O) groups excluding carboxylic acids is 1. The lowest BCUT2D eigenvalue weighted by molar-refractivity contribution is 0.168. The van der Waals surface area contributed by atoms with E-state index in [0.717, 1.165) is 27.4 Å². The van der Waals surface area contributed by atoms with Crippen LogP contribution in [0.2, 0.25) is 0 Å². The molecule has 0 unspecified atom stereocenters. The molecule has 7 nitrogen and oxygen atoms in total. The van der Waals surface area contributed by atoms with Crippen molar-refractivity contribution >= 4 is 17.4 Å². The maximum absolute atomic E-state index is 12.1. The maximum atomic E-state index is 12.1. The predicted molar refractivity (Wildman–Crippen MR) is 126 cm³/mol. The maximum Gasteiger partial charge on any atom is 0.414 e. The van der Waals surface area contributed by atoms with Gasteiger partial charge in [0.05, 0.1) is 30.5 Å². The quantitative estimate of drug-likeness (QED) is 0.418. The third kappa shape index (κ3) is 4.17. The Labute approximate surface area is 190 Å². The largest absolute Gasteiger partial charge is 0.493 e. The first-order chi connectivity index (χ1) is 15.5. The second-order valence-corrected chi connectivity index (χ2v) is 8.07. The van der Waals surface area contributed by atoms with E-state index < -0.39 is 6.09 Å². The number of carbonyl (C=O) groups is 1. The number of ether oxygens (including phenoxy) is 3. The van der Waals surface area contributed by atoms with Gasteiger partial charge in [-0.1, -0.05) is 36.4 Å². The van der Waals surface area contributed by atoms with Crippen LogP contribution in [0.1, 0.15) is 0 Å². The van der Waals surface area contributed by atoms with E-state index in [2.05, 4.69) is 11.1 Å². The number of H-pyrrole nitrogens is 1. The molecular weight excluding hydrogens is 426 g/mol. The number of aromatic amines is 1. The highest BCUT2D eigenvalue weighted by Crippen LogP contribution is 2.42. The summed E-state index contributed by atoms with van der Waals surface area (Å²) in [5.74, 6) is 1.59. The van der Waals surface area contributed by atoms with E-state index in [1.165, 1.54) is 19.1 Å². The number of hydrogen-bond donors (Lipinski definition) is 1. The number of hydrogen-bond acceptors (Lipinski definition) is 6. The first-order valence-electron chi connectivity index (χ1n) is 9.86. The van der Waals surface area contributed by atoms with E-state index in [4.69, 9.17) is 19.2 Å². The average Bonchev–Trinajstić information content (AvgIpc) is 3.49. The van der Waals surface area contributed by atoms with Gasteiger partial charge in [-0.15, -0.1) is 11.3 Å². The van der Waals surface area contributed by atoms with Crippen molar-refractivity contribution in [3.05, 3.63) is 60.0 Å². The average molecular weight is 450 g/mol. The molecule has 1 amide bonds. The van der Waals surface area contributed by atoms with Crippen LogP contribution in [0, 0.1) is 0 Å². The highest BCUT2D eigenvalue weighted by Gasteiger charge is 2.22. The lowest BCUT2D eigenvalue weighted by atomic mass is 10.1. The first kappa shape index (κ1) is 21.5. The number of imidazole rings is 1. The number of amides is 1. The molecule has 0 saturated heterocycles. The van der Waals surface area contributed by atoms with Gasteiger partial charge in [-0.05, 0) is 23.6 Å². The van der Waals surface area contributed by atoms with E-state index in [-0.39, 0.29) is 5.75 Å². The molecule has 4 aromatic rings. The van der Waals surface area contributed by atoms with E-state index in [1.807, 2.05) is 41.8 Å². The fourth-order valence-corrected chi connectivity index (χ4v) is 3.94. The van der Waals surface area contributed by atoms with E-state index >= 15 is 0 Å². The number of rotatable bonds is 6. The summed E-state index contributed by atoms with van der Waals surface area (Å²) in [6, 6.07) is 17.6. The summed E-state index contributed by atoms with van der Waals surface area (Å²) in [4.78, 5) is 22.9. The van der Waals surface area contributed by atoms with E-state index in [1.54, 1.807) is 37.6 Å². The zero-order chi connectivity index (χ0) is 22.7. The van der Waals surface area contributed by atoms with E-state index in [9.17, 15) is 4.79 Å². The molecular formula is C24H23N3O4S. The van der Waals surface area contributed by atoms with Crippen molar-refractivity contribution in [3.63, 3.8) is 0 Å². The number of benzene rings is 2. The molecule has 2 aromatic carbocycles. The Kier molecular flexibility index (Phi) is 6.13. The molecule has 0 spiro atoms. The topological polar surface area (TPSA) is 76.7 Å². The monoisotopic (exact) mass is 449 g/mol. The van der Waals surface area contributed by atoms with Crippen molar-refractivity contribution in [1.29, 1.82) is 0 Å². The molecule has 0 bridgehead atoms. The van der Waals surface area contributed by atoms with Crippen molar-refractivity contribution in [2.45, 2.75) is 0 Å². The van der Waals surface area contributed by atoms with Crippen LogP contribution in [0.4, 0.5) is 4.79 Å². The summed E-state index contributed by atoms with van der Waals surface area (Å²) < 4.78 is 16.5. The lowest BCUT2D eigenvalue weighted by Gasteiger charge is -2.16. The standard InChI is InChI=1S/C24H23N3O4S/c1-27(2)24(28)31-22-17(29-3)13-16(14-18(22)30-4)23-25-20(15-9-6-5-7-10-15)21(26-23)19-11-8-12-32-19/h5-14H,1-4H3,(H,25,26). The van der Waals surface area contributed by atoms with Gasteiger partial charge >= 0.3 is 6.09 Å². The summed E-state index contributed by atoms with van der Waals surface area (Å²) >= 11 is 1.64. The lowest BCUT2D eigenvalue weighted by Crippen LogP contribution is -2.25. The van der Waals surface area contributed by atoms with Crippen LogP contribution in [0.15, 0.2) is 60.0 Å². The van der Waals surface area contributed by atoms with Crippen molar-refractivity contribution in [1.82, 2.24) is 14.9 Å². The molecule has 0 atom stereocenters. The summed E-state index contributed by atoms with van der Waals surface area (Å²) in [5.41, 5.74) is 3.53. The molecule has 4 rings (SSSR count). The molecule has 0 aliphatic carbocycles. The molecule has 8 heteroatoms. The van der Waals surface area contributed by atoms with Gasteiger partial charge in [0.25, 0.3) is 0 Å². The molecule has 2 heterocycles. The van der Waals surface area contributed by atoms with Gasteiger partial charge in [0, 0.05) is 25.2 Å².